The maximum Gasteiger partial charge on any atom is 0.113 e. The average molecular weight is 181 g/mol. The third kappa shape index (κ3) is 1.90. The second-order valence-electron chi connectivity index (χ2n) is 3.52. The summed E-state index contributed by atoms with van der Waals surface area (Å²) in [5.41, 5.74) is 3.13. The zero-order chi connectivity index (χ0) is 9.97. The quantitative estimate of drug-likeness (QED) is 0.645. The molecule has 0 aromatic heterocycles. The van der Waals surface area contributed by atoms with Crippen molar-refractivity contribution in [3.05, 3.63) is 48.1 Å². The molecule has 0 amide bonds. The minimum Gasteiger partial charge on any atom is -0.379 e. The van der Waals surface area contributed by atoms with Crippen LogP contribution in [-0.2, 0) is 0 Å². The van der Waals surface area contributed by atoms with E-state index < -0.39 is 0 Å². The van der Waals surface area contributed by atoms with Crippen LogP contribution in [0.2, 0.25) is 0 Å². The van der Waals surface area contributed by atoms with Crippen LogP contribution in [0.3, 0.4) is 0 Å². The van der Waals surface area contributed by atoms with E-state index in [4.69, 9.17) is 7.85 Å². The third-order valence-electron chi connectivity index (χ3n) is 2.27. The van der Waals surface area contributed by atoms with E-state index >= 15 is 0 Å². The maximum atomic E-state index is 5.63. The largest absolute Gasteiger partial charge is 0.379 e. The molecule has 1 atom stereocenters. The van der Waals surface area contributed by atoms with Gasteiger partial charge in [0, 0.05) is 11.7 Å². The maximum absolute atomic E-state index is 5.63. The van der Waals surface area contributed by atoms with Crippen molar-refractivity contribution in [2.24, 2.45) is 0 Å². The van der Waals surface area contributed by atoms with Crippen molar-refractivity contribution >= 4 is 19.0 Å². The van der Waals surface area contributed by atoms with Crippen LogP contribution in [0.5, 0.6) is 0 Å². The fourth-order valence-corrected chi connectivity index (χ4v) is 1.50. The Morgan fingerprint density at radius 2 is 1.93 bits per heavy atom. The van der Waals surface area contributed by atoms with Crippen LogP contribution < -0.4 is 10.8 Å². The van der Waals surface area contributed by atoms with Gasteiger partial charge in [0.05, 0.1) is 0 Å². The van der Waals surface area contributed by atoms with Gasteiger partial charge in [0.2, 0.25) is 0 Å². The Balaban J connectivity index is 2.27. The summed E-state index contributed by atoms with van der Waals surface area (Å²) in [4.78, 5) is 0. The summed E-state index contributed by atoms with van der Waals surface area (Å²) in [7, 11) is 5.63. The second kappa shape index (κ2) is 3.75. The van der Waals surface area contributed by atoms with Gasteiger partial charge in [-0.2, -0.15) is 0 Å². The molecule has 0 saturated carbocycles. The molecule has 1 heterocycles. The molecule has 1 aromatic carbocycles. The first-order valence-electron chi connectivity index (χ1n) is 4.76. The van der Waals surface area contributed by atoms with Crippen LogP contribution in [0, 0.1) is 0 Å². The number of allylic oxidation sites excluding steroid dienone is 2. The van der Waals surface area contributed by atoms with Gasteiger partial charge < -0.3 is 5.32 Å². The molecular formula is C12H12BN. The number of hydrogen-bond donors (Lipinski definition) is 1. The second-order valence-corrected chi connectivity index (χ2v) is 3.52. The van der Waals surface area contributed by atoms with E-state index in [0.717, 1.165) is 11.2 Å². The van der Waals surface area contributed by atoms with Gasteiger partial charge >= 0.3 is 0 Å². The molecule has 0 bridgehead atoms. The molecule has 0 aliphatic carbocycles. The minimum absolute atomic E-state index is 0.396. The lowest BCUT2D eigenvalue weighted by molar-refractivity contribution is 0.778. The van der Waals surface area contributed by atoms with Crippen molar-refractivity contribution in [1.82, 2.24) is 5.32 Å². The summed E-state index contributed by atoms with van der Waals surface area (Å²) in [6, 6.07) is 8.29. The third-order valence-corrected chi connectivity index (χ3v) is 2.27. The van der Waals surface area contributed by atoms with Gasteiger partial charge in [-0.25, -0.2) is 0 Å². The minimum atomic E-state index is 0.396. The van der Waals surface area contributed by atoms with E-state index in [9.17, 15) is 0 Å². The van der Waals surface area contributed by atoms with E-state index in [2.05, 4.69) is 30.5 Å². The van der Waals surface area contributed by atoms with Crippen molar-refractivity contribution in [3.63, 3.8) is 0 Å². The summed E-state index contributed by atoms with van der Waals surface area (Å²) in [5.74, 6) is 0. The molecule has 1 aliphatic rings. The molecule has 1 unspecified atom stereocenters. The molecule has 0 spiro atoms. The van der Waals surface area contributed by atoms with Gasteiger partial charge in [-0.1, -0.05) is 41.9 Å². The first-order chi connectivity index (χ1) is 6.75. The molecule has 0 saturated heterocycles. The monoisotopic (exact) mass is 181 g/mol. The first-order valence-corrected chi connectivity index (χ1v) is 4.76. The topological polar surface area (TPSA) is 12.0 Å². The molecule has 1 aromatic rings. The summed E-state index contributed by atoms with van der Waals surface area (Å²) in [6.07, 6.45) is 6.28. The van der Waals surface area contributed by atoms with Gasteiger partial charge in [-0.15, -0.1) is 0 Å². The van der Waals surface area contributed by atoms with Gasteiger partial charge in [-0.05, 0) is 18.6 Å². The standard InChI is InChI=1S/C12H12BN/c1-9-3-2-4-12(14-9)10-5-7-11(13)8-6-10/h2-9,14H,1H3. The number of rotatable bonds is 1. The SMILES string of the molecule is [B]c1ccc(C2=CC=CC(C)N2)cc1. The number of dihydropyridines is 1. The summed E-state index contributed by atoms with van der Waals surface area (Å²) < 4.78 is 0. The Morgan fingerprint density at radius 3 is 2.57 bits per heavy atom. The Morgan fingerprint density at radius 1 is 1.21 bits per heavy atom. The molecular weight excluding hydrogens is 169 g/mol. The lowest BCUT2D eigenvalue weighted by Gasteiger charge is -2.18. The van der Waals surface area contributed by atoms with E-state index in [1.807, 2.05) is 24.3 Å². The fourth-order valence-electron chi connectivity index (χ4n) is 1.50. The Kier molecular flexibility index (Phi) is 2.44. The number of hydrogen-bond acceptors (Lipinski definition) is 1. The zero-order valence-electron chi connectivity index (χ0n) is 8.20. The predicted octanol–water partition coefficient (Wildman–Crippen LogP) is 1.37. The molecule has 68 valence electrons. The lowest BCUT2D eigenvalue weighted by atomic mass is 9.94. The summed E-state index contributed by atoms with van der Waals surface area (Å²) in [5, 5.41) is 3.39. The van der Waals surface area contributed by atoms with Gasteiger partial charge in [0.15, 0.2) is 0 Å². The molecule has 1 aliphatic heterocycles. The normalized spacial score (nSPS) is 20.1. The van der Waals surface area contributed by atoms with E-state index in [-0.39, 0.29) is 0 Å². The smallest absolute Gasteiger partial charge is 0.113 e. The molecule has 1 nitrogen and oxygen atoms in total. The summed E-state index contributed by atoms with van der Waals surface area (Å²) >= 11 is 0. The van der Waals surface area contributed by atoms with E-state index in [0.29, 0.717) is 6.04 Å². The molecule has 0 fully saturated rings. The van der Waals surface area contributed by atoms with Gasteiger partial charge in [0.1, 0.15) is 7.85 Å². The van der Waals surface area contributed by atoms with Crippen molar-refractivity contribution < 1.29 is 0 Å². The number of benzene rings is 1. The Labute approximate surface area is 85.9 Å². The molecule has 2 rings (SSSR count). The van der Waals surface area contributed by atoms with Crippen LogP contribution >= 0.6 is 0 Å². The van der Waals surface area contributed by atoms with Crippen LogP contribution in [0.15, 0.2) is 42.5 Å². The number of nitrogens with one attached hydrogen (secondary N) is 1. The zero-order valence-corrected chi connectivity index (χ0v) is 8.20. The van der Waals surface area contributed by atoms with Crippen molar-refractivity contribution in [2.75, 3.05) is 0 Å². The average Bonchev–Trinajstić information content (AvgIpc) is 2.19. The Bertz CT molecular complexity index is 376. The van der Waals surface area contributed by atoms with Gasteiger partial charge in [0.25, 0.3) is 0 Å². The first kappa shape index (κ1) is 9.13. The van der Waals surface area contributed by atoms with Crippen LogP contribution in [0.4, 0.5) is 0 Å². The van der Waals surface area contributed by atoms with Crippen molar-refractivity contribution in [2.45, 2.75) is 13.0 Å². The highest BCUT2D eigenvalue weighted by Crippen LogP contribution is 2.14. The van der Waals surface area contributed by atoms with E-state index in [1.165, 1.54) is 5.56 Å². The highest BCUT2D eigenvalue weighted by atomic mass is 14.9. The molecule has 2 heteroatoms. The molecule has 14 heavy (non-hydrogen) atoms. The Hall–Kier alpha value is -1.44. The van der Waals surface area contributed by atoms with Crippen LogP contribution in [-0.4, -0.2) is 13.9 Å². The fraction of sp³-hybridized carbons (Fsp3) is 0.167. The highest BCUT2D eigenvalue weighted by molar-refractivity contribution is 6.32. The van der Waals surface area contributed by atoms with Crippen LogP contribution in [0.1, 0.15) is 12.5 Å². The lowest BCUT2D eigenvalue weighted by Crippen LogP contribution is -2.24. The highest BCUT2D eigenvalue weighted by Gasteiger charge is 2.05. The van der Waals surface area contributed by atoms with Crippen LogP contribution in [0.25, 0.3) is 5.70 Å². The van der Waals surface area contributed by atoms with Gasteiger partial charge in [-0.3, -0.25) is 0 Å². The van der Waals surface area contributed by atoms with E-state index in [1.54, 1.807) is 0 Å². The van der Waals surface area contributed by atoms with Crippen molar-refractivity contribution in [3.8, 4) is 0 Å². The predicted molar refractivity (Wildman–Crippen MR) is 61.5 cm³/mol. The molecule has 2 radical (unpaired) electrons. The molecule has 1 N–H and O–H groups in total. The van der Waals surface area contributed by atoms with Crippen molar-refractivity contribution in [1.29, 1.82) is 0 Å². The summed E-state index contributed by atoms with van der Waals surface area (Å²) in [6.45, 7) is 2.13.